The Morgan fingerprint density at radius 2 is 1.78 bits per heavy atom. The van der Waals surface area contributed by atoms with E-state index in [2.05, 4.69) is 4.98 Å². The first-order valence-corrected chi connectivity index (χ1v) is 10.4. The number of benzene rings is 3. The summed E-state index contributed by atoms with van der Waals surface area (Å²) in [5, 5.41) is 0. The second-order valence-electron chi connectivity index (χ2n) is 6.96. The molecule has 0 aliphatic carbocycles. The molecule has 0 fully saturated rings. The average molecular weight is 448 g/mol. The number of aldehydes is 1. The summed E-state index contributed by atoms with van der Waals surface area (Å²) in [4.78, 5) is 15.2. The van der Waals surface area contributed by atoms with E-state index < -0.39 is 5.56 Å². The highest BCUT2D eigenvalue weighted by Crippen LogP contribution is 2.32. The minimum absolute atomic E-state index is 0.0270. The van der Waals surface area contributed by atoms with E-state index >= 15 is 4.39 Å². The third-order valence-electron chi connectivity index (χ3n) is 4.81. The molecule has 4 aromatic rings. The Morgan fingerprint density at radius 3 is 2.59 bits per heavy atom. The Bertz CT molecular complexity index is 1220. The van der Waals surface area contributed by atoms with Crippen LogP contribution in [0.2, 0.25) is 0 Å². The van der Waals surface area contributed by atoms with Gasteiger partial charge in [-0.15, -0.1) is 0 Å². The second kappa shape index (κ2) is 10.1. The number of nitrogens with zero attached hydrogens (tertiary/aromatic N) is 1. The summed E-state index contributed by atoms with van der Waals surface area (Å²) in [5.74, 6) is 0.329. The molecule has 1 atom stereocenters. The van der Waals surface area contributed by atoms with Gasteiger partial charge in [-0.2, -0.15) is 0 Å². The molecule has 0 amide bonds. The highest BCUT2D eigenvalue weighted by Gasteiger charge is 2.18. The molecule has 4 rings (SSSR count). The molecule has 0 saturated heterocycles. The maximum Gasteiger partial charge on any atom is 0.221 e. The second-order valence-corrected chi connectivity index (χ2v) is 7.35. The van der Waals surface area contributed by atoms with E-state index in [9.17, 15) is 4.79 Å². The third-order valence-corrected chi connectivity index (χ3v) is 5.13. The topological polar surface area (TPSA) is 48.4 Å². The summed E-state index contributed by atoms with van der Waals surface area (Å²) < 4.78 is 26.7. The third kappa shape index (κ3) is 4.95. The van der Waals surface area contributed by atoms with Crippen LogP contribution in [0.4, 0.5) is 4.39 Å². The number of hydrogen-bond acceptors (Lipinski definition) is 4. The van der Waals surface area contributed by atoms with E-state index in [0.29, 0.717) is 28.0 Å². The predicted octanol–water partition coefficient (Wildman–Crippen LogP) is 6.60. The fraction of sp³-hybridized carbons (Fsp3) is 0.0769. The van der Waals surface area contributed by atoms with E-state index in [1.165, 1.54) is 0 Å². The van der Waals surface area contributed by atoms with Crippen LogP contribution in [0, 0.1) is 5.82 Å². The lowest BCUT2D eigenvalue weighted by molar-refractivity contribution is 0.112. The van der Waals surface area contributed by atoms with Crippen LogP contribution >= 0.6 is 11.6 Å². The predicted molar refractivity (Wildman–Crippen MR) is 121 cm³/mol. The highest BCUT2D eigenvalue weighted by atomic mass is 35.5. The fourth-order valence-electron chi connectivity index (χ4n) is 3.22. The Hall–Kier alpha value is -3.70. The Balaban J connectivity index is 1.52. The maximum absolute atomic E-state index is 15.1. The smallest absolute Gasteiger partial charge is 0.221 e. The molecule has 32 heavy (non-hydrogen) atoms. The Morgan fingerprint density at radius 1 is 0.969 bits per heavy atom. The average Bonchev–Trinajstić information content (AvgIpc) is 2.84. The van der Waals surface area contributed by atoms with E-state index in [-0.39, 0.29) is 18.3 Å². The van der Waals surface area contributed by atoms with Crippen LogP contribution in [0.15, 0.2) is 91.1 Å². The van der Waals surface area contributed by atoms with Crippen LogP contribution in [-0.4, -0.2) is 11.3 Å². The minimum atomic E-state index is -0.916. The van der Waals surface area contributed by atoms with Crippen LogP contribution < -0.4 is 9.47 Å². The molecule has 0 spiro atoms. The van der Waals surface area contributed by atoms with Gasteiger partial charge in [-0.25, -0.2) is 9.37 Å². The van der Waals surface area contributed by atoms with Crippen molar-refractivity contribution in [2.75, 3.05) is 0 Å². The van der Waals surface area contributed by atoms with Crippen molar-refractivity contribution in [1.29, 1.82) is 0 Å². The van der Waals surface area contributed by atoms with Crippen molar-refractivity contribution in [2.45, 2.75) is 12.2 Å². The van der Waals surface area contributed by atoms with Gasteiger partial charge in [-0.1, -0.05) is 72.3 Å². The first kappa shape index (κ1) is 21.5. The standard InChI is InChI=1S/C26H19ClFNO3/c27-25(32-21-11-4-7-18(15-21)16-30)23-13-6-14-29-26(23)31-17-20-10-5-12-22(24(20)28)19-8-2-1-3-9-19/h1-16,25H,17H2. The monoisotopic (exact) mass is 447 g/mol. The molecule has 4 nitrogen and oxygen atoms in total. The minimum Gasteiger partial charge on any atom is -0.472 e. The fourth-order valence-corrected chi connectivity index (χ4v) is 3.49. The zero-order chi connectivity index (χ0) is 22.3. The molecule has 160 valence electrons. The molecule has 3 aromatic carbocycles. The number of pyridine rings is 1. The van der Waals surface area contributed by atoms with Crippen molar-refractivity contribution in [1.82, 2.24) is 4.98 Å². The van der Waals surface area contributed by atoms with Crippen molar-refractivity contribution in [2.24, 2.45) is 0 Å². The summed E-state index contributed by atoms with van der Waals surface area (Å²) >= 11 is 6.46. The summed E-state index contributed by atoms with van der Waals surface area (Å²) in [6.07, 6.45) is 2.29. The molecule has 6 heteroatoms. The number of carbonyl (C=O) groups is 1. The number of ether oxygens (including phenoxy) is 2. The summed E-state index contributed by atoms with van der Waals surface area (Å²) in [6, 6.07) is 24.6. The first-order chi connectivity index (χ1) is 15.7. The van der Waals surface area contributed by atoms with Gasteiger partial charge in [0.1, 0.15) is 24.5 Å². The molecular formula is C26H19ClFNO3. The Kier molecular flexibility index (Phi) is 6.78. The lowest BCUT2D eigenvalue weighted by atomic mass is 10.0. The maximum atomic E-state index is 15.1. The van der Waals surface area contributed by atoms with Crippen molar-refractivity contribution >= 4 is 17.9 Å². The van der Waals surface area contributed by atoms with Gasteiger partial charge in [0.25, 0.3) is 0 Å². The van der Waals surface area contributed by atoms with Crippen molar-refractivity contribution < 1.29 is 18.7 Å². The molecule has 0 aliphatic heterocycles. The molecule has 0 bridgehead atoms. The van der Waals surface area contributed by atoms with Crippen LogP contribution in [-0.2, 0) is 6.61 Å². The number of halogens is 2. The molecule has 1 aromatic heterocycles. The van der Waals surface area contributed by atoms with E-state index in [1.54, 1.807) is 60.8 Å². The summed E-state index contributed by atoms with van der Waals surface area (Å²) in [7, 11) is 0. The number of hydrogen-bond donors (Lipinski definition) is 0. The van der Waals surface area contributed by atoms with Gasteiger partial charge in [0, 0.05) is 22.9 Å². The quantitative estimate of drug-likeness (QED) is 0.225. The molecule has 0 radical (unpaired) electrons. The molecule has 0 N–H and O–H groups in total. The summed E-state index contributed by atoms with van der Waals surface area (Å²) in [6.45, 7) is -0.0270. The first-order valence-electron chi connectivity index (χ1n) is 9.92. The number of rotatable bonds is 8. The van der Waals surface area contributed by atoms with Crippen LogP contribution in [0.1, 0.15) is 27.0 Å². The summed E-state index contributed by atoms with van der Waals surface area (Å²) in [5.41, 5.74) is 1.74. The van der Waals surface area contributed by atoms with Crippen LogP contribution in [0.25, 0.3) is 11.1 Å². The van der Waals surface area contributed by atoms with Gasteiger partial charge in [0.15, 0.2) is 0 Å². The van der Waals surface area contributed by atoms with Gasteiger partial charge >= 0.3 is 0 Å². The van der Waals surface area contributed by atoms with Gasteiger partial charge < -0.3 is 9.47 Å². The van der Waals surface area contributed by atoms with E-state index in [0.717, 1.165) is 11.8 Å². The molecule has 1 unspecified atom stereocenters. The van der Waals surface area contributed by atoms with Crippen molar-refractivity contribution in [3.05, 3.63) is 114 Å². The van der Waals surface area contributed by atoms with Crippen molar-refractivity contribution in [3.8, 4) is 22.8 Å². The van der Waals surface area contributed by atoms with E-state index in [1.807, 2.05) is 30.3 Å². The van der Waals surface area contributed by atoms with Crippen LogP contribution in [0.3, 0.4) is 0 Å². The van der Waals surface area contributed by atoms with Crippen LogP contribution in [0.5, 0.6) is 11.6 Å². The van der Waals surface area contributed by atoms with Gasteiger partial charge in [-0.3, -0.25) is 4.79 Å². The molecule has 0 aliphatic rings. The number of carbonyl (C=O) groups excluding carboxylic acids is 1. The van der Waals surface area contributed by atoms with Gasteiger partial charge in [0.05, 0.1) is 5.56 Å². The largest absolute Gasteiger partial charge is 0.472 e. The molecule has 1 heterocycles. The molecular weight excluding hydrogens is 429 g/mol. The molecule has 0 saturated carbocycles. The zero-order valence-corrected chi connectivity index (χ0v) is 17.7. The normalized spacial score (nSPS) is 11.6. The SMILES string of the molecule is O=Cc1cccc(OC(Cl)c2cccnc2OCc2cccc(-c3ccccc3)c2F)c1. The Labute approximate surface area is 190 Å². The highest BCUT2D eigenvalue weighted by molar-refractivity contribution is 6.20. The number of alkyl halides is 1. The lowest BCUT2D eigenvalue weighted by Gasteiger charge is -2.17. The number of aromatic nitrogens is 1. The van der Waals surface area contributed by atoms with Gasteiger partial charge in [-0.05, 0) is 29.8 Å². The lowest BCUT2D eigenvalue weighted by Crippen LogP contribution is -2.07. The zero-order valence-electron chi connectivity index (χ0n) is 16.9. The van der Waals surface area contributed by atoms with Gasteiger partial charge in [0.2, 0.25) is 11.4 Å². The van der Waals surface area contributed by atoms with Crippen molar-refractivity contribution in [3.63, 3.8) is 0 Å². The van der Waals surface area contributed by atoms with E-state index in [4.69, 9.17) is 21.1 Å².